The van der Waals surface area contributed by atoms with Gasteiger partial charge in [-0.15, -0.1) is 10.2 Å². The van der Waals surface area contributed by atoms with Gasteiger partial charge in [0.2, 0.25) is 0 Å². The number of amides is 1. The normalized spacial score (nSPS) is 12.7. The Balaban J connectivity index is 1.57. The number of anilines is 2. The van der Waals surface area contributed by atoms with Crippen LogP contribution in [0.15, 0.2) is 52.8 Å². The Bertz CT molecular complexity index is 1130. The lowest BCUT2D eigenvalue weighted by Crippen LogP contribution is -2.19. The van der Waals surface area contributed by atoms with Crippen LogP contribution in [-0.4, -0.2) is 38.7 Å². The molecule has 1 aliphatic rings. The molecule has 1 N–H and O–H groups in total. The van der Waals surface area contributed by atoms with E-state index in [1.807, 2.05) is 18.2 Å². The fourth-order valence-corrected chi connectivity index (χ4v) is 4.26. The van der Waals surface area contributed by atoms with E-state index in [1.54, 1.807) is 23.7 Å². The number of aryl methyl sites for hydroxylation is 1. The van der Waals surface area contributed by atoms with Crippen LogP contribution >= 0.6 is 11.8 Å². The molecule has 0 spiro atoms. The highest BCUT2D eigenvalue weighted by Gasteiger charge is 2.21. The van der Waals surface area contributed by atoms with Crippen LogP contribution in [-0.2, 0) is 13.5 Å². The number of likely N-dealkylation sites (N-methyl/N-ethyl adjacent to an activating group) is 1. The van der Waals surface area contributed by atoms with Crippen molar-refractivity contribution in [1.82, 2.24) is 14.8 Å². The first-order valence-electron chi connectivity index (χ1n) is 9.45. The maximum atomic E-state index is 12.7. The highest BCUT2D eigenvalue weighted by molar-refractivity contribution is 7.99. The van der Waals surface area contributed by atoms with Crippen molar-refractivity contribution in [1.29, 1.82) is 0 Å². The Hall–Kier alpha value is -3.40. The van der Waals surface area contributed by atoms with Gasteiger partial charge in [0.15, 0.2) is 5.16 Å². The van der Waals surface area contributed by atoms with E-state index in [-0.39, 0.29) is 11.3 Å². The summed E-state index contributed by atoms with van der Waals surface area (Å²) >= 11 is 1.13. The second-order valence-electron chi connectivity index (χ2n) is 6.89. The van der Waals surface area contributed by atoms with E-state index < -0.39 is 10.8 Å². The van der Waals surface area contributed by atoms with Gasteiger partial charge in [-0.1, -0.05) is 6.07 Å². The summed E-state index contributed by atoms with van der Waals surface area (Å²) < 4.78 is 1.67. The second-order valence-corrected chi connectivity index (χ2v) is 7.90. The average molecular weight is 424 g/mol. The first kappa shape index (κ1) is 19.9. The van der Waals surface area contributed by atoms with Crippen LogP contribution < -0.4 is 10.2 Å². The number of nitro benzene ring substituents is 1. The van der Waals surface area contributed by atoms with Crippen molar-refractivity contribution < 1.29 is 9.72 Å². The summed E-state index contributed by atoms with van der Waals surface area (Å²) in [5, 5.41) is 22.7. The quantitative estimate of drug-likeness (QED) is 0.477. The van der Waals surface area contributed by atoms with E-state index in [0.717, 1.165) is 37.0 Å². The molecule has 3 aromatic rings. The zero-order chi connectivity index (χ0) is 21.3. The first-order valence-corrected chi connectivity index (χ1v) is 10.3. The number of aromatic nitrogens is 3. The van der Waals surface area contributed by atoms with Gasteiger partial charge in [0, 0.05) is 43.1 Å². The Morgan fingerprint density at radius 2 is 2.13 bits per heavy atom. The molecule has 1 amide bonds. The molecule has 1 aromatic heterocycles. The van der Waals surface area contributed by atoms with Gasteiger partial charge < -0.3 is 14.8 Å². The van der Waals surface area contributed by atoms with E-state index in [1.165, 1.54) is 18.0 Å². The van der Waals surface area contributed by atoms with Crippen LogP contribution in [0.1, 0.15) is 22.8 Å². The monoisotopic (exact) mass is 424 g/mol. The molecule has 4 rings (SSSR count). The molecule has 0 saturated heterocycles. The van der Waals surface area contributed by atoms with Gasteiger partial charge >= 0.3 is 0 Å². The van der Waals surface area contributed by atoms with E-state index in [4.69, 9.17) is 0 Å². The molecule has 0 bridgehead atoms. The molecule has 0 fully saturated rings. The molecule has 0 aliphatic carbocycles. The van der Waals surface area contributed by atoms with Gasteiger partial charge in [0.05, 0.1) is 9.82 Å². The summed E-state index contributed by atoms with van der Waals surface area (Å²) in [5.41, 5.74) is 3.12. The molecule has 9 nitrogen and oxygen atoms in total. The van der Waals surface area contributed by atoms with E-state index in [2.05, 4.69) is 27.3 Å². The predicted octanol–water partition coefficient (Wildman–Crippen LogP) is 3.51. The van der Waals surface area contributed by atoms with Crippen molar-refractivity contribution in [3.63, 3.8) is 0 Å². The van der Waals surface area contributed by atoms with Crippen molar-refractivity contribution in [3.05, 3.63) is 64.0 Å². The van der Waals surface area contributed by atoms with Gasteiger partial charge in [0.1, 0.15) is 6.33 Å². The van der Waals surface area contributed by atoms with Crippen LogP contribution in [0.4, 0.5) is 17.1 Å². The molecular weight excluding hydrogens is 404 g/mol. The number of nitrogens with one attached hydrogen (secondary N) is 1. The predicted molar refractivity (Wildman–Crippen MR) is 114 cm³/mol. The number of benzene rings is 2. The molecule has 1 aliphatic heterocycles. The lowest BCUT2D eigenvalue weighted by atomic mass is 10.1. The number of carbonyl (C=O) groups excluding carboxylic acids is 1. The molecule has 10 heteroatoms. The molecule has 2 aromatic carbocycles. The molecule has 0 radical (unpaired) electrons. The summed E-state index contributed by atoms with van der Waals surface area (Å²) in [6.07, 6.45) is 2.51. The fraction of sp³-hybridized carbons (Fsp3) is 0.250. The highest BCUT2D eigenvalue weighted by Crippen LogP contribution is 2.35. The van der Waals surface area contributed by atoms with Crippen molar-refractivity contribution >= 4 is 34.7 Å². The third kappa shape index (κ3) is 3.86. The standard InChI is InChI=1S/C20H20N6O3S/c1-3-25-9-8-13-4-6-15(11-16(13)25)22-19(27)14-5-7-18(17(10-14)26(28)29)30-20-23-21-12-24(20)2/h4-7,10-12H,3,8-9H2,1-2H3,(H,22,27). The number of nitro groups is 1. The summed E-state index contributed by atoms with van der Waals surface area (Å²) in [6, 6.07) is 10.3. The maximum absolute atomic E-state index is 12.7. The smallest absolute Gasteiger partial charge is 0.284 e. The number of hydrogen-bond acceptors (Lipinski definition) is 7. The molecule has 154 valence electrons. The summed E-state index contributed by atoms with van der Waals surface area (Å²) in [6.45, 7) is 3.97. The molecule has 2 heterocycles. The third-order valence-electron chi connectivity index (χ3n) is 5.01. The van der Waals surface area contributed by atoms with Gasteiger partial charge in [0.25, 0.3) is 11.6 Å². The Morgan fingerprint density at radius 3 is 2.83 bits per heavy atom. The minimum absolute atomic E-state index is 0.151. The number of hydrogen-bond donors (Lipinski definition) is 1. The molecule has 30 heavy (non-hydrogen) atoms. The minimum Gasteiger partial charge on any atom is -0.371 e. The molecule has 0 saturated carbocycles. The van der Waals surface area contributed by atoms with Crippen LogP contribution in [0, 0.1) is 10.1 Å². The first-order chi connectivity index (χ1) is 14.5. The Kier molecular flexibility index (Phi) is 5.40. The lowest BCUT2D eigenvalue weighted by Gasteiger charge is -2.17. The number of rotatable bonds is 6. The van der Waals surface area contributed by atoms with Crippen LogP contribution in [0.25, 0.3) is 0 Å². The van der Waals surface area contributed by atoms with Gasteiger partial charge in [-0.3, -0.25) is 14.9 Å². The van der Waals surface area contributed by atoms with Crippen molar-refractivity contribution in [3.8, 4) is 0 Å². The zero-order valence-electron chi connectivity index (χ0n) is 16.5. The lowest BCUT2D eigenvalue weighted by molar-refractivity contribution is -0.387. The fourth-order valence-electron chi connectivity index (χ4n) is 3.41. The number of fused-ring (bicyclic) bond motifs is 1. The molecule has 0 unspecified atom stereocenters. The van der Waals surface area contributed by atoms with Crippen LogP contribution in [0.2, 0.25) is 0 Å². The van der Waals surface area contributed by atoms with Crippen LogP contribution in [0.5, 0.6) is 0 Å². The van der Waals surface area contributed by atoms with E-state index in [0.29, 0.717) is 15.7 Å². The SMILES string of the molecule is CCN1CCc2ccc(NC(=O)c3ccc(Sc4nncn4C)c([N+](=O)[O-])c3)cc21. The third-order valence-corrected chi connectivity index (χ3v) is 6.12. The minimum atomic E-state index is -0.496. The molecular formula is C20H20N6O3S. The highest BCUT2D eigenvalue weighted by atomic mass is 32.2. The number of carbonyl (C=O) groups is 1. The van der Waals surface area contributed by atoms with Gasteiger partial charge in [-0.25, -0.2) is 0 Å². The van der Waals surface area contributed by atoms with Crippen molar-refractivity contribution in [2.45, 2.75) is 23.4 Å². The Morgan fingerprint density at radius 1 is 1.30 bits per heavy atom. The van der Waals surface area contributed by atoms with Crippen LogP contribution in [0.3, 0.4) is 0 Å². The van der Waals surface area contributed by atoms with Gasteiger partial charge in [-0.05, 0) is 54.9 Å². The Labute approximate surface area is 177 Å². The summed E-state index contributed by atoms with van der Waals surface area (Å²) in [7, 11) is 1.76. The zero-order valence-corrected chi connectivity index (χ0v) is 17.3. The van der Waals surface area contributed by atoms with Crippen molar-refractivity contribution in [2.75, 3.05) is 23.3 Å². The van der Waals surface area contributed by atoms with E-state index in [9.17, 15) is 14.9 Å². The maximum Gasteiger partial charge on any atom is 0.284 e. The van der Waals surface area contributed by atoms with E-state index >= 15 is 0 Å². The largest absolute Gasteiger partial charge is 0.371 e. The average Bonchev–Trinajstić information content (AvgIpc) is 3.33. The topological polar surface area (TPSA) is 106 Å². The number of nitrogens with zero attached hydrogens (tertiary/aromatic N) is 5. The summed E-state index contributed by atoms with van der Waals surface area (Å²) in [4.78, 5) is 26.5. The molecule has 0 atom stereocenters. The van der Waals surface area contributed by atoms with Crippen molar-refractivity contribution in [2.24, 2.45) is 7.05 Å². The second kappa shape index (κ2) is 8.15. The van der Waals surface area contributed by atoms with Gasteiger partial charge in [-0.2, -0.15) is 0 Å². The summed E-state index contributed by atoms with van der Waals surface area (Å²) in [5.74, 6) is -0.394.